The first-order chi connectivity index (χ1) is 12.1. The zero-order chi connectivity index (χ0) is 17.4. The lowest BCUT2D eigenvalue weighted by Crippen LogP contribution is -2.20. The first-order valence-corrected chi connectivity index (χ1v) is 8.44. The van der Waals surface area contributed by atoms with Gasteiger partial charge in [0.15, 0.2) is 28.8 Å². The Hall–Kier alpha value is -2.69. The molecule has 0 bridgehead atoms. The van der Waals surface area contributed by atoms with E-state index in [9.17, 15) is 4.79 Å². The summed E-state index contributed by atoms with van der Waals surface area (Å²) in [4.78, 5) is 12.8. The molecule has 2 aromatic carbocycles. The van der Waals surface area contributed by atoms with Crippen molar-refractivity contribution in [2.24, 2.45) is 11.8 Å². The smallest absolute Gasteiger partial charge is 0.231 e. The maximum Gasteiger partial charge on any atom is 0.231 e. The monoisotopic (exact) mass is 340 g/mol. The van der Waals surface area contributed by atoms with E-state index in [1.54, 1.807) is 18.2 Å². The highest BCUT2D eigenvalue weighted by atomic mass is 16.7. The van der Waals surface area contributed by atoms with Gasteiger partial charge in [-0.3, -0.25) is 4.79 Å². The first-order valence-electron chi connectivity index (χ1n) is 8.44. The van der Waals surface area contributed by atoms with Gasteiger partial charge in [-0.15, -0.1) is 0 Å². The molecular formula is C20H20O5. The van der Waals surface area contributed by atoms with Gasteiger partial charge in [0.2, 0.25) is 13.6 Å². The Kier molecular flexibility index (Phi) is 3.99. The third-order valence-electron chi connectivity index (χ3n) is 4.92. The van der Waals surface area contributed by atoms with Crippen LogP contribution in [0.3, 0.4) is 0 Å². The number of hydrogen-bond donors (Lipinski definition) is 0. The number of rotatable bonds is 5. The highest BCUT2D eigenvalue weighted by Gasteiger charge is 2.24. The van der Waals surface area contributed by atoms with Gasteiger partial charge in [-0.2, -0.15) is 0 Å². The molecular weight excluding hydrogens is 320 g/mol. The van der Waals surface area contributed by atoms with Crippen LogP contribution in [0, 0.1) is 11.8 Å². The molecule has 2 atom stereocenters. The number of carbonyl (C=O) groups excluding carboxylic acids is 1. The van der Waals surface area contributed by atoms with E-state index >= 15 is 0 Å². The summed E-state index contributed by atoms with van der Waals surface area (Å²) in [6.45, 7) is 4.56. The van der Waals surface area contributed by atoms with E-state index in [2.05, 4.69) is 6.92 Å². The van der Waals surface area contributed by atoms with Crippen molar-refractivity contribution in [1.82, 2.24) is 0 Å². The summed E-state index contributed by atoms with van der Waals surface area (Å²) in [6, 6.07) is 11.3. The van der Waals surface area contributed by atoms with Crippen molar-refractivity contribution in [2.75, 3.05) is 13.6 Å². The molecule has 2 aliphatic rings. The number of fused-ring (bicyclic) bond motifs is 2. The van der Waals surface area contributed by atoms with Crippen LogP contribution in [0.15, 0.2) is 36.4 Å². The van der Waals surface area contributed by atoms with Gasteiger partial charge in [-0.25, -0.2) is 0 Å². The highest BCUT2D eigenvalue weighted by molar-refractivity contribution is 5.98. The molecule has 25 heavy (non-hydrogen) atoms. The van der Waals surface area contributed by atoms with Crippen molar-refractivity contribution in [3.8, 4) is 23.0 Å². The third-order valence-corrected chi connectivity index (χ3v) is 4.92. The van der Waals surface area contributed by atoms with Crippen molar-refractivity contribution in [3.05, 3.63) is 47.5 Å². The highest BCUT2D eigenvalue weighted by Crippen LogP contribution is 2.35. The topological polar surface area (TPSA) is 54.0 Å². The molecule has 130 valence electrons. The summed E-state index contributed by atoms with van der Waals surface area (Å²) in [6.07, 6.45) is 0.800. The van der Waals surface area contributed by atoms with E-state index < -0.39 is 0 Å². The van der Waals surface area contributed by atoms with Crippen molar-refractivity contribution in [1.29, 1.82) is 0 Å². The number of hydrogen-bond acceptors (Lipinski definition) is 5. The lowest BCUT2D eigenvalue weighted by molar-refractivity contribution is 0.0892. The third kappa shape index (κ3) is 3.02. The fourth-order valence-corrected chi connectivity index (χ4v) is 3.19. The molecule has 5 heteroatoms. The standard InChI is InChI=1S/C20H20O5/c1-12(7-14-3-5-16-18(8-14)24-10-22-16)13(2)20(21)15-4-6-17-19(9-15)25-11-23-17/h3-6,8-9,12-13H,7,10-11H2,1-2H3/t12-,13+/m1/s1. The second kappa shape index (κ2) is 6.31. The summed E-state index contributed by atoms with van der Waals surface area (Å²) < 4.78 is 21.4. The van der Waals surface area contributed by atoms with Gasteiger partial charge in [0.05, 0.1) is 0 Å². The Morgan fingerprint density at radius 2 is 1.48 bits per heavy atom. The van der Waals surface area contributed by atoms with Crippen LogP contribution in [-0.2, 0) is 6.42 Å². The zero-order valence-electron chi connectivity index (χ0n) is 14.3. The minimum absolute atomic E-state index is 0.106. The van der Waals surface area contributed by atoms with Crippen LogP contribution in [0.4, 0.5) is 0 Å². The Morgan fingerprint density at radius 3 is 2.20 bits per heavy atom. The van der Waals surface area contributed by atoms with Gasteiger partial charge in [-0.05, 0) is 48.2 Å². The first kappa shape index (κ1) is 15.8. The lowest BCUT2D eigenvalue weighted by atomic mass is 9.84. The molecule has 0 N–H and O–H groups in total. The number of Topliss-reactive ketones (excluding diaryl/α,β-unsaturated/α-hetero) is 1. The average molecular weight is 340 g/mol. The molecule has 0 radical (unpaired) electrons. The molecule has 2 heterocycles. The molecule has 2 aromatic rings. The van der Waals surface area contributed by atoms with E-state index in [4.69, 9.17) is 18.9 Å². The molecule has 5 nitrogen and oxygen atoms in total. The Morgan fingerprint density at radius 1 is 0.880 bits per heavy atom. The largest absolute Gasteiger partial charge is 0.454 e. The lowest BCUT2D eigenvalue weighted by Gasteiger charge is -2.19. The quantitative estimate of drug-likeness (QED) is 0.774. The van der Waals surface area contributed by atoms with Crippen molar-refractivity contribution in [3.63, 3.8) is 0 Å². The second-order valence-electron chi connectivity index (χ2n) is 6.59. The van der Waals surface area contributed by atoms with Gasteiger partial charge < -0.3 is 18.9 Å². The number of ketones is 1. The van der Waals surface area contributed by atoms with Crippen LogP contribution in [0.1, 0.15) is 29.8 Å². The maximum absolute atomic E-state index is 12.8. The van der Waals surface area contributed by atoms with Gasteiger partial charge >= 0.3 is 0 Å². The van der Waals surface area contributed by atoms with Gasteiger partial charge in [-0.1, -0.05) is 19.9 Å². The number of carbonyl (C=O) groups is 1. The summed E-state index contributed by atoms with van der Waals surface area (Å²) in [7, 11) is 0. The SMILES string of the molecule is C[C@H](Cc1ccc2c(c1)OCO2)[C@H](C)C(=O)c1ccc2c(c1)OCO2. The molecule has 0 aromatic heterocycles. The maximum atomic E-state index is 12.8. The summed E-state index contributed by atoms with van der Waals surface area (Å²) in [5, 5.41) is 0. The van der Waals surface area contributed by atoms with Crippen LogP contribution >= 0.6 is 0 Å². The Bertz CT molecular complexity index is 814. The van der Waals surface area contributed by atoms with E-state index in [1.165, 1.54) is 0 Å². The molecule has 4 rings (SSSR count). The van der Waals surface area contributed by atoms with Crippen LogP contribution in [0.2, 0.25) is 0 Å². The van der Waals surface area contributed by atoms with E-state index in [-0.39, 0.29) is 31.2 Å². The van der Waals surface area contributed by atoms with E-state index in [0.29, 0.717) is 17.1 Å². The van der Waals surface area contributed by atoms with Crippen LogP contribution in [-0.4, -0.2) is 19.4 Å². The predicted molar refractivity (Wildman–Crippen MR) is 91.5 cm³/mol. The molecule has 0 saturated heterocycles. The summed E-state index contributed by atoms with van der Waals surface area (Å²) in [5.41, 5.74) is 1.80. The fourth-order valence-electron chi connectivity index (χ4n) is 3.19. The molecule has 0 spiro atoms. The predicted octanol–water partition coefficient (Wildman–Crippen LogP) is 3.84. The number of benzene rings is 2. The van der Waals surface area contributed by atoms with Crippen molar-refractivity contribution < 1.29 is 23.7 Å². The average Bonchev–Trinajstić information content (AvgIpc) is 3.28. The molecule has 2 aliphatic heterocycles. The Balaban J connectivity index is 1.46. The Labute approximate surface area is 146 Å². The van der Waals surface area contributed by atoms with E-state index in [0.717, 1.165) is 23.5 Å². The van der Waals surface area contributed by atoms with E-state index in [1.807, 2.05) is 25.1 Å². The fraction of sp³-hybridized carbons (Fsp3) is 0.350. The number of ether oxygens (including phenoxy) is 4. The molecule has 0 amide bonds. The zero-order valence-corrected chi connectivity index (χ0v) is 14.3. The normalized spacial score (nSPS) is 16.6. The van der Waals surface area contributed by atoms with Crippen molar-refractivity contribution in [2.45, 2.75) is 20.3 Å². The summed E-state index contributed by atoms with van der Waals surface area (Å²) >= 11 is 0. The minimum atomic E-state index is -0.106. The van der Waals surface area contributed by atoms with Crippen LogP contribution < -0.4 is 18.9 Å². The minimum Gasteiger partial charge on any atom is -0.454 e. The molecule has 0 saturated carbocycles. The second-order valence-corrected chi connectivity index (χ2v) is 6.59. The summed E-state index contributed by atoms with van der Waals surface area (Å²) in [5.74, 6) is 3.09. The van der Waals surface area contributed by atoms with Crippen LogP contribution in [0.25, 0.3) is 0 Å². The van der Waals surface area contributed by atoms with Gasteiger partial charge in [0, 0.05) is 11.5 Å². The van der Waals surface area contributed by atoms with Gasteiger partial charge in [0.25, 0.3) is 0 Å². The molecule has 0 unspecified atom stereocenters. The molecule has 0 aliphatic carbocycles. The van der Waals surface area contributed by atoms with Crippen LogP contribution in [0.5, 0.6) is 23.0 Å². The van der Waals surface area contributed by atoms with Gasteiger partial charge in [0.1, 0.15) is 0 Å². The molecule has 0 fully saturated rings. The van der Waals surface area contributed by atoms with Crippen molar-refractivity contribution >= 4 is 5.78 Å².